The zero-order chi connectivity index (χ0) is 19.5. The van der Waals surface area contributed by atoms with Crippen LogP contribution in [0.5, 0.6) is 11.5 Å². The smallest absolute Gasteiger partial charge is 0.289 e. The monoisotopic (exact) mass is 376 g/mol. The molecule has 1 aliphatic carbocycles. The van der Waals surface area contributed by atoms with Gasteiger partial charge in [-0.25, -0.2) is 5.43 Å². The Labute approximate surface area is 162 Å². The third-order valence-corrected chi connectivity index (χ3v) is 4.82. The summed E-state index contributed by atoms with van der Waals surface area (Å²) in [6.45, 7) is 0. The van der Waals surface area contributed by atoms with Crippen molar-refractivity contribution >= 4 is 12.1 Å². The molecule has 3 aromatic rings. The molecule has 0 bridgehead atoms. The zero-order valence-electron chi connectivity index (χ0n) is 15.7. The summed E-state index contributed by atoms with van der Waals surface area (Å²) in [4.78, 5) is 12.6. The first-order chi connectivity index (χ1) is 13.7. The van der Waals surface area contributed by atoms with E-state index in [9.17, 15) is 4.79 Å². The Morgan fingerprint density at radius 3 is 2.86 bits per heavy atom. The standard InChI is InChI=1S/C21H20N4O3/c1-27-15-8-10-18(28-2)14(11-15)12-22-25-21(26)20-17-9-7-13-5-3-4-6-16(13)19(17)23-24-20/h3-6,8,10-12H,7,9H2,1-2H3,(H,23,24)(H,25,26). The number of carbonyl (C=O) groups excluding carboxylic acids is 1. The number of amides is 1. The molecule has 4 rings (SSSR count). The number of ether oxygens (including phenoxy) is 2. The van der Waals surface area contributed by atoms with Crippen LogP contribution in [-0.2, 0) is 12.8 Å². The van der Waals surface area contributed by atoms with Crippen LogP contribution >= 0.6 is 0 Å². The SMILES string of the molecule is COc1ccc(OC)c(C=NNC(=O)c2[nH]nc3c2CCc2ccccc2-3)c1. The molecule has 7 heteroatoms. The number of rotatable bonds is 5. The van der Waals surface area contributed by atoms with Crippen LogP contribution < -0.4 is 14.9 Å². The van der Waals surface area contributed by atoms with E-state index in [1.165, 1.54) is 11.8 Å². The van der Waals surface area contributed by atoms with E-state index in [4.69, 9.17) is 9.47 Å². The summed E-state index contributed by atoms with van der Waals surface area (Å²) >= 11 is 0. The molecule has 0 spiro atoms. The highest BCUT2D eigenvalue weighted by Crippen LogP contribution is 2.33. The first-order valence-electron chi connectivity index (χ1n) is 8.92. The Kier molecular flexibility index (Phi) is 4.80. The van der Waals surface area contributed by atoms with E-state index in [0.29, 0.717) is 22.8 Å². The predicted octanol–water partition coefficient (Wildman–Crippen LogP) is 2.96. The van der Waals surface area contributed by atoms with Crippen molar-refractivity contribution in [1.82, 2.24) is 15.6 Å². The van der Waals surface area contributed by atoms with Crippen LogP contribution in [0.2, 0.25) is 0 Å². The summed E-state index contributed by atoms with van der Waals surface area (Å²) in [7, 11) is 3.16. The van der Waals surface area contributed by atoms with Crippen LogP contribution in [0.25, 0.3) is 11.3 Å². The van der Waals surface area contributed by atoms with Crippen LogP contribution in [0.4, 0.5) is 0 Å². The molecule has 2 N–H and O–H groups in total. The highest BCUT2D eigenvalue weighted by Gasteiger charge is 2.24. The van der Waals surface area contributed by atoms with Gasteiger partial charge in [-0.05, 0) is 36.6 Å². The number of aromatic amines is 1. The van der Waals surface area contributed by atoms with E-state index in [2.05, 4.69) is 26.8 Å². The van der Waals surface area contributed by atoms with E-state index in [0.717, 1.165) is 29.7 Å². The quantitative estimate of drug-likeness (QED) is 0.529. The Morgan fingerprint density at radius 2 is 2.04 bits per heavy atom. The number of fused-ring (bicyclic) bond motifs is 3. The lowest BCUT2D eigenvalue weighted by Gasteiger charge is -2.15. The number of benzene rings is 2. The molecule has 142 valence electrons. The van der Waals surface area contributed by atoms with Gasteiger partial charge in [0, 0.05) is 16.7 Å². The molecule has 28 heavy (non-hydrogen) atoms. The molecule has 1 aromatic heterocycles. The Bertz CT molecular complexity index is 1060. The Hall–Kier alpha value is -3.61. The largest absolute Gasteiger partial charge is 0.497 e. The second-order valence-corrected chi connectivity index (χ2v) is 6.39. The fourth-order valence-corrected chi connectivity index (χ4v) is 3.40. The van der Waals surface area contributed by atoms with Gasteiger partial charge < -0.3 is 9.47 Å². The second-order valence-electron chi connectivity index (χ2n) is 6.39. The van der Waals surface area contributed by atoms with Gasteiger partial charge in [-0.3, -0.25) is 9.89 Å². The average Bonchev–Trinajstić information content (AvgIpc) is 3.18. The number of nitrogens with zero attached hydrogens (tertiary/aromatic N) is 2. The van der Waals surface area contributed by atoms with Crippen molar-refractivity contribution in [2.24, 2.45) is 5.10 Å². The number of aromatic nitrogens is 2. The molecule has 0 saturated heterocycles. The van der Waals surface area contributed by atoms with Gasteiger partial charge in [0.05, 0.1) is 26.1 Å². The van der Waals surface area contributed by atoms with Gasteiger partial charge in [-0.15, -0.1) is 0 Å². The molecule has 0 fully saturated rings. The maximum absolute atomic E-state index is 12.6. The van der Waals surface area contributed by atoms with Crippen molar-refractivity contribution in [3.8, 4) is 22.8 Å². The van der Waals surface area contributed by atoms with Gasteiger partial charge in [0.2, 0.25) is 0 Å². The lowest BCUT2D eigenvalue weighted by molar-refractivity contribution is 0.0949. The van der Waals surface area contributed by atoms with Crippen molar-refractivity contribution in [3.05, 3.63) is 64.8 Å². The fourth-order valence-electron chi connectivity index (χ4n) is 3.40. The van der Waals surface area contributed by atoms with Gasteiger partial charge in [0.1, 0.15) is 17.2 Å². The van der Waals surface area contributed by atoms with Gasteiger partial charge in [0.15, 0.2) is 0 Å². The topological polar surface area (TPSA) is 88.6 Å². The van der Waals surface area contributed by atoms with Crippen LogP contribution in [-0.4, -0.2) is 36.5 Å². The predicted molar refractivity (Wildman–Crippen MR) is 106 cm³/mol. The number of nitrogens with one attached hydrogen (secondary N) is 2. The first kappa shape index (κ1) is 17.8. The van der Waals surface area contributed by atoms with Crippen LogP contribution in [0.15, 0.2) is 47.6 Å². The average molecular weight is 376 g/mol. The number of hydrazone groups is 1. The van der Waals surface area contributed by atoms with Crippen LogP contribution in [0.3, 0.4) is 0 Å². The van der Waals surface area contributed by atoms with Crippen molar-refractivity contribution < 1.29 is 14.3 Å². The van der Waals surface area contributed by atoms with E-state index in [-0.39, 0.29) is 5.91 Å². The third-order valence-electron chi connectivity index (χ3n) is 4.82. The molecule has 2 aromatic carbocycles. The van der Waals surface area contributed by atoms with E-state index >= 15 is 0 Å². The van der Waals surface area contributed by atoms with Gasteiger partial charge in [0.25, 0.3) is 5.91 Å². The van der Waals surface area contributed by atoms with E-state index in [1.54, 1.807) is 32.4 Å². The van der Waals surface area contributed by atoms with Crippen molar-refractivity contribution in [3.63, 3.8) is 0 Å². The molecule has 0 atom stereocenters. The zero-order valence-corrected chi connectivity index (χ0v) is 15.7. The number of aryl methyl sites for hydroxylation is 1. The highest BCUT2D eigenvalue weighted by atomic mass is 16.5. The van der Waals surface area contributed by atoms with Crippen molar-refractivity contribution in [2.75, 3.05) is 14.2 Å². The summed E-state index contributed by atoms with van der Waals surface area (Å²) in [5, 5.41) is 11.3. The number of carbonyl (C=O) groups is 1. The molecule has 1 heterocycles. The maximum atomic E-state index is 12.6. The third kappa shape index (κ3) is 3.22. The summed E-state index contributed by atoms with van der Waals surface area (Å²) in [6.07, 6.45) is 3.17. The molecular weight excluding hydrogens is 356 g/mol. The normalized spacial score (nSPS) is 12.4. The fraction of sp³-hybridized carbons (Fsp3) is 0.190. The molecule has 1 amide bonds. The van der Waals surface area contributed by atoms with Gasteiger partial charge >= 0.3 is 0 Å². The first-order valence-corrected chi connectivity index (χ1v) is 8.92. The van der Waals surface area contributed by atoms with Gasteiger partial charge in [-0.1, -0.05) is 24.3 Å². The van der Waals surface area contributed by atoms with Crippen molar-refractivity contribution in [1.29, 1.82) is 0 Å². The molecule has 0 aliphatic heterocycles. The molecule has 0 saturated carbocycles. The second kappa shape index (κ2) is 7.56. The highest BCUT2D eigenvalue weighted by molar-refractivity contribution is 5.96. The Balaban J connectivity index is 1.54. The minimum Gasteiger partial charge on any atom is -0.497 e. The number of methoxy groups -OCH3 is 2. The molecule has 7 nitrogen and oxygen atoms in total. The van der Waals surface area contributed by atoms with Crippen LogP contribution in [0.1, 0.15) is 27.2 Å². The van der Waals surface area contributed by atoms with E-state index in [1.807, 2.05) is 18.2 Å². The minimum absolute atomic E-state index is 0.328. The molecule has 0 radical (unpaired) electrons. The Morgan fingerprint density at radius 1 is 1.18 bits per heavy atom. The molecule has 0 unspecified atom stereocenters. The number of hydrogen-bond acceptors (Lipinski definition) is 5. The minimum atomic E-state index is -0.328. The summed E-state index contributed by atoms with van der Waals surface area (Å²) in [6, 6.07) is 13.5. The lowest BCUT2D eigenvalue weighted by Crippen LogP contribution is -2.20. The molecule has 1 aliphatic rings. The van der Waals surface area contributed by atoms with E-state index < -0.39 is 0 Å². The van der Waals surface area contributed by atoms with Crippen molar-refractivity contribution in [2.45, 2.75) is 12.8 Å². The van der Waals surface area contributed by atoms with Crippen LogP contribution in [0, 0.1) is 0 Å². The lowest BCUT2D eigenvalue weighted by atomic mass is 9.89. The van der Waals surface area contributed by atoms with Gasteiger partial charge in [-0.2, -0.15) is 10.2 Å². The number of hydrogen-bond donors (Lipinski definition) is 2. The summed E-state index contributed by atoms with van der Waals surface area (Å²) in [5.74, 6) is 0.982. The maximum Gasteiger partial charge on any atom is 0.289 e. The summed E-state index contributed by atoms with van der Waals surface area (Å²) < 4.78 is 10.5. The summed E-state index contributed by atoms with van der Waals surface area (Å²) in [5.41, 5.74) is 7.78. The number of H-pyrrole nitrogens is 1. The molecular formula is C21H20N4O3.